The van der Waals surface area contributed by atoms with Crippen molar-refractivity contribution in [3.8, 4) is 0 Å². The molecule has 0 aliphatic carbocycles. The standard InChI is InChI=1S/C17H15ClN2OS2/c1-12-11-22-17(19-12)20(13-5-3-2-4-6-13)16(21)10-8-14-7-9-15(18)23-14/h2-7,9,11H,8,10H2,1H3. The van der Waals surface area contributed by atoms with Gasteiger partial charge >= 0.3 is 0 Å². The molecule has 23 heavy (non-hydrogen) atoms. The number of aryl methyl sites for hydroxylation is 2. The van der Waals surface area contributed by atoms with Gasteiger partial charge in [0.1, 0.15) is 0 Å². The highest BCUT2D eigenvalue weighted by atomic mass is 35.5. The Bertz CT molecular complexity index is 798. The van der Waals surface area contributed by atoms with E-state index in [4.69, 9.17) is 11.6 Å². The van der Waals surface area contributed by atoms with Crippen molar-refractivity contribution in [3.05, 3.63) is 62.8 Å². The molecule has 0 N–H and O–H groups in total. The number of carbonyl (C=O) groups is 1. The normalized spacial score (nSPS) is 10.7. The number of carbonyl (C=O) groups excluding carboxylic acids is 1. The van der Waals surface area contributed by atoms with Crippen molar-refractivity contribution in [2.45, 2.75) is 19.8 Å². The van der Waals surface area contributed by atoms with Crippen molar-refractivity contribution in [3.63, 3.8) is 0 Å². The summed E-state index contributed by atoms with van der Waals surface area (Å²) in [5.41, 5.74) is 1.76. The molecule has 0 fully saturated rings. The van der Waals surface area contributed by atoms with Crippen molar-refractivity contribution >= 4 is 51.0 Å². The third-order valence-corrected chi connectivity index (χ3v) is 5.51. The summed E-state index contributed by atoms with van der Waals surface area (Å²) in [6.07, 6.45) is 1.11. The lowest BCUT2D eigenvalue weighted by atomic mass is 10.2. The Kier molecular flexibility index (Phi) is 5.10. The van der Waals surface area contributed by atoms with E-state index in [9.17, 15) is 4.79 Å². The second-order valence-corrected chi connectivity index (χ2v) is 7.68. The van der Waals surface area contributed by atoms with Crippen molar-refractivity contribution in [2.24, 2.45) is 0 Å². The molecule has 0 spiro atoms. The fourth-order valence-electron chi connectivity index (χ4n) is 2.21. The molecule has 3 rings (SSSR count). The van der Waals surface area contributed by atoms with E-state index >= 15 is 0 Å². The molecule has 0 radical (unpaired) electrons. The lowest BCUT2D eigenvalue weighted by molar-refractivity contribution is -0.117. The van der Waals surface area contributed by atoms with Gasteiger partial charge in [-0.25, -0.2) is 4.98 Å². The van der Waals surface area contributed by atoms with E-state index in [1.165, 1.54) is 22.7 Å². The second kappa shape index (κ2) is 7.25. The van der Waals surface area contributed by atoms with Gasteiger partial charge in [-0.05, 0) is 37.6 Å². The highest BCUT2D eigenvalue weighted by Gasteiger charge is 2.20. The first kappa shape index (κ1) is 16.2. The molecule has 1 aromatic carbocycles. The van der Waals surface area contributed by atoms with E-state index in [2.05, 4.69) is 4.98 Å². The molecule has 0 saturated heterocycles. The number of hydrogen-bond acceptors (Lipinski definition) is 4. The molecule has 0 unspecified atom stereocenters. The Balaban J connectivity index is 1.81. The van der Waals surface area contributed by atoms with Gasteiger partial charge in [-0.2, -0.15) is 0 Å². The van der Waals surface area contributed by atoms with Gasteiger partial charge in [-0.3, -0.25) is 9.69 Å². The number of benzene rings is 1. The minimum Gasteiger partial charge on any atom is -0.274 e. The molecule has 0 bridgehead atoms. The smallest absolute Gasteiger partial charge is 0.233 e. The van der Waals surface area contributed by atoms with E-state index in [1.54, 1.807) is 4.90 Å². The molecule has 0 saturated carbocycles. The highest BCUT2D eigenvalue weighted by Crippen LogP contribution is 2.30. The Morgan fingerprint density at radius 1 is 1.22 bits per heavy atom. The number of hydrogen-bond donors (Lipinski definition) is 0. The summed E-state index contributed by atoms with van der Waals surface area (Å²) in [6, 6.07) is 13.5. The van der Waals surface area contributed by atoms with Crippen LogP contribution in [0.25, 0.3) is 0 Å². The monoisotopic (exact) mass is 362 g/mol. The highest BCUT2D eigenvalue weighted by molar-refractivity contribution is 7.16. The minimum atomic E-state index is 0.0371. The maximum Gasteiger partial charge on any atom is 0.233 e. The van der Waals surface area contributed by atoms with Gasteiger partial charge in [0.05, 0.1) is 15.7 Å². The molecular weight excluding hydrogens is 348 g/mol. The zero-order valence-corrected chi connectivity index (χ0v) is 14.9. The first-order valence-electron chi connectivity index (χ1n) is 7.18. The number of rotatable bonds is 5. The molecule has 2 heterocycles. The third kappa shape index (κ3) is 3.99. The van der Waals surface area contributed by atoms with Gasteiger partial charge in [0.15, 0.2) is 5.13 Å². The summed E-state index contributed by atoms with van der Waals surface area (Å²) in [5.74, 6) is 0.0371. The van der Waals surface area contributed by atoms with Gasteiger partial charge in [0.25, 0.3) is 0 Å². The first-order chi connectivity index (χ1) is 11.1. The summed E-state index contributed by atoms with van der Waals surface area (Å²) in [4.78, 5) is 20.1. The summed E-state index contributed by atoms with van der Waals surface area (Å²) in [5, 5.41) is 2.67. The van der Waals surface area contributed by atoms with Crippen LogP contribution in [-0.4, -0.2) is 10.9 Å². The average Bonchev–Trinajstić information content (AvgIpc) is 3.15. The molecule has 3 aromatic rings. The van der Waals surface area contributed by atoms with Crippen LogP contribution in [0.1, 0.15) is 17.0 Å². The Labute approximate surface area is 148 Å². The SMILES string of the molecule is Cc1csc(N(C(=O)CCc2ccc(Cl)s2)c2ccccc2)n1. The summed E-state index contributed by atoms with van der Waals surface area (Å²) in [7, 11) is 0. The second-order valence-electron chi connectivity index (χ2n) is 5.04. The number of para-hydroxylation sites is 1. The number of thiophene rings is 1. The van der Waals surface area contributed by atoms with E-state index < -0.39 is 0 Å². The Morgan fingerprint density at radius 2 is 2.00 bits per heavy atom. The zero-order chi connectivity index (χ0) is 16.2. The summed E-state index contributed by atoms with van der Waals surface area (Å²) >= 11 is 8.95. The summed E-state index contributed by atoms with van der Waals surface area (Å²) in [6.45, 7) is 1.93. The van der Waals surface area contributed by atoms with Crippen molar-refractivity contribution in [1.82, 2.24) is 4.98 Å². The van der Waals surface area contributed by atoms with Gasteiger partial charge in [-0.1, -0.05) is 29.8 Å². The summed E-state index contributed by atoms with van der Waals surface area (Å²) < 4.78 is 0.753. The van der Waals surface area contributed by atoms with Crippen LogP contribution in [-0.2, 0) is 11.2 Å². The van der Waals surface area contributed by atoms with Gasteiger partial charge in [0.2, 0.25) is 5.91 Å². The molecule has 118 valence electrons. The maximum atomic E-state index is 12.8. The van der Waals surface area contributed by atoms with Gasteiger partial charge < -0.3 is 0 Å². The van der Waals surface area contributed by atoms with Crippen molar-refractivity contribution in [2.75, 3.05) is 4.90 Å². The number of amides is 1. The Morgan fingerprint density at radius 3 is 2.61 bits per heavy atom. The fraction of sp³-hybridized carbons (Fsp3) is 0.176. The quantitative estimate of drug-likeness (QED) is 0.603. The van der Waals surface area contributed by atoms with Crippen molar-refractivity contribution in [1.29, 1.82) is 0 Å². The Hall–Kier alpha value is -1.69. The first-order valence-corrected chi connectivity index (χ1v) is 9.25. The number of halogens is 1. The van der Waals surface area contributed by atoms with Gasteiger partial charge in [0, 0.05) is 16.7 Å². The number of aromatic nitrogens is 1. The van der Waals surface area contributed by atoms with E-state index in [0.717, 1.165) is 20.6 Å². The molecule has 2 aromatic heterocycles. The molecular formula is C17H15ClN2OS2. The molecule has 1 amide bonds. The lowest BCUT2D eigenvalue weighted by Gasteiger charge is -2.19. The maximum absolute atomic E-state index is 12.8. The van der Waals surface area contributed by atoms with E-state index in [1.807, 2.05) is 54.8 Å². The predicted molar refractivity (Wildman–Crippen MR) is 98.1 cm³/mol. The average molecular weight is 363 g/mol. The molecule has 6 heteroatoms. The van der Waals surface area contributed by atoms with E-state index in [-0.39, 0.29) is 5.91 Å². The number of nitrogens with zero attached hydrogens (tertiary/aromatic N) is 2. The number of anilines is 2. The molecule has 3 nitrogen and oxygen atoms in total. The van der Waals surface area contributed by atoms with Crippen molar-refractivity contribution < 1.29 is 4.79 Å². The van der Waals surface area contributed by atoms with Crippen LogP contribution < -0.4 is 4.90 Å². The van der Waals surface area contributed by atoms with Crippen LogP contribution in [0.2, 0.25) is 4.34 Å². The van der Waals surface area contributed by atoms with Crippen LogP contribution >= 0.6 is 34.3 Å². The van der Waals surface area contributed by atoms with Crippen LogP contribution in [0.3, 0.4) is 0 Å². The molecule has 0 atom stereocenters. The van der Waals surface area contributed by atoms with Crippen LogP contribution in [0.5, 0.6) is 0 Å². The predicted octanol–water partition coefficient (Wildman–Crippen LogP) is 5.46. The minimum absolute atomic E-state index is 0.0371. The topological polar surface area (TPSA) is 33.2 Å². The lowest BCUT2D eigenvalue weighted by Crippen LogP contribution is -2.26. The zero-order valence-electron chi connectivity index (χ0n) is 12.5. The third-order valence-electron chi connectivity index (χ3n) is 3.28. The fourth-order valence-corrected chi connectivity index (χ4v) is 4.14. The van der Waals surface area contributed by atoms with Crippen LogP contribution in [0, 0.1) is 6.92 Å². The largest absolute Gasteiger partial charge is 0.274 e. The molecule has 0 aliphatic heterocycles. The van der Waals surface area contributed by atoms with E-state index in [0.29, 0.717) is 18.0 Å². The van der Waals surface area contributed by atoms with Crippen LogP contribution in [0.4, 0.5) is 10.8 Å². The van der Waals surface area contributed by atoms with Crippen LogP contribution in [0.15, 0.2) is 47.8 Å². The molecule has 0 aliphatic rings. The van der Waals surface area contributed by atoms with Gasteiger partial charge in [-0.15, -0.1) is 22.7 Å². The number of thiazole rings is 1.